The zero-order valence-electron chi connectivity index (χ0n) is 11.6. The third-order valence-electron chi connectivity index (χ3n) is 3.05. The minimum atomic E-state index is -0.998. The number of carboxylic acids is 2. The van der Waals surface area contributed by atoms with E-state index >= 15 is 0 Å². The van der Waals surface area contributed by atoms with Gasteiger partial charge < -0.3 is 14.9 Å². The number of rotatable bonds is 8. The first kappa shape index (κ1) is 16.0. The zero-order valence-corrected chi connectivity index (χ0v) is 11.6. The second kappa shape index (κ2) is 7.49. The van der Waals surface area contributed by atoms with Gasteiger partial charge in [0.25, 0.3) is 0 Å². The second-order valence-electron chi connectivity index (χ2n) is 4.29. The molecule has 6 heteroatoms. The van der Waals surface area contributed by atoms with Crippen LogP contribution in [0.1, 0.15) is 24.9 Å². The molecule has 110 valence electrons. The number of hydrogen-bond donors (Lipinski definition) is 2. The lowest BCUT2D eigenvalue weighted by atomic mass is 10.0. The molecule has 0 aliphatic heterocycles. The monoisotopic (exact) mass is 281 g/mol. The third kappa shape index (κ3) is 4.24. The molecule has 1 unspecified atom stereocenters. The van der Waals surface area contributed by atoms with Crippen molar-refractivity contribution in [1.29, 1.82) is 0 Å². The summed E-state index contributed by atoms with van der Waals surface area (Å²) in [5.74, 6) is -1.30. The van der Waals surface area contributed by atoms with Gasteiger partial charge in [-0.05, 0) is 24.2 Å². The smallest absolute Gasteiger partial charge is 0.325 e. The van der Waals surface area contributed by atoms with Gasteiger partial charge in [-0.15, -0.1) is 0 Å². The minimum Gasteiger partial charge on any atom is -0.497 e. The van der Waals surface area contributed by atoms with Crippen molar-refractivity contribution >= 4 is 11.9 Å². The van der Waals surface area contributed by atoms with Crippen molar-refractivity contribution in [3.8, 4) is 5.75 Å². The number of methoxy groups -OCH3 is 1. The number of aliphatic carboxylic acids is 2. The van der Waals surface area contributed by atoms with Crippen molar-refractivity contribution in [2.45, 2.75) is 19.4 Å². The van der Waals surface area contributed by atoms with E-state index in [0.717, 1.165) is 0 Å². The van der Waals surface area contributed by atoms with Crippen LogP contribution in [0.2, 0.25) is 0 Å². The van der Waals surface area contributed by atoms with Crippen LogP contribution in [0.3, 0.4) is 0 Å². The summed E-state index contributed by atoms with van der Waals surface area (Å²) in [4.78, 5) is 23.7. The maximum atomic E-state index is 11.5. The van der Waals surface area contributed by atoms with Crippen molar-refractivity contribution in [2.24, 2.45) is 0 Å². The largest absolute Gasteiger partial charge is 0.497 e. The Bertz CT molecular complexity index is 457. The standard InChI is InChI=1S/C14H19NO5/c1-3-15(9-8-12(16)17)13(14(18)19)10-4-6-11(20-2)7-5-10/h4-7,13H,3,8-9H2,1-2H3,(H,16,17)(H,18,19). The Balaban J connectivity index is 2.95. The van der Waals surface area contributed by atoms with Crippen LogP contribution in [0.4, 0.5) is 0 Å². The van der Waals surface area contributed by atoms with Crippen molar-refractivity contribution in [2.75, 3.05) is 20.2 Å². The molecule has 0 spiro atoms. The predicted molar refractivity (Wildman–Crippen MR) is 72.9 cm³/mol. The van der Waals surface area contributed by atoms with Gasteiger partial charge in [0.05, 0.1) is 13.5 Å². The molecule has 0 heterocycles. The molecule has 0 saturated heterocycles. The summed E-state index contributed by atoms with van der Waals surface area (Å²) < 4.78 is 5.04. The van der Waals surface area contributed by atoms with Crippen molar-refractivity contribution in [1.82, 2.24) is 4.90 Å². The summed E-state index contributed by atoms with van der Waals surface area (Å²) in [6.45, 7) is 2.45. The molecule has 2 N–H and O–H groups in total. The Labute approximate surface area is 117 Å². The predicted octanol–water partition coefficient (Wildman–Crippen LogP) is 1.62. The van der Waals surface area contributed by atoms with E-state index < -0.39 is 18.0 Å². The molecule has 1 aromatic carbocycles. The molecule has 0 aromatic heterocycles. The van der Waals surface area contributed by atoms with Gasteiger partial charge in [0, 0.05) is 6.54 Å². The molecule has 0 radical (unpaired) electrons. The van der Waals surface area contributed by atoms with Crippen LogP contribution in [0.5, 0.6) is 5.75 Å². The van der Waals surface area contributed by atoms with E-state index in [1.807, 2.05) is 0 Å². The molecule has 1 atom stereocenters. The fourth-order valence-electron chi connectivity index (χ4n) is 2.00. The molecule has 1 rings (SSSR count). The number of likely N-dealkylation sites (N-methyl/N-ethyl adjacent to an activating group) is 1. The molecule has 0 fully saturated rings. The van der Waals surface area contributed by atoms with Crippen molar-refractivity contribution in [3.63, 3.8) is 0 Å². The van der Waals surface area contributed by atoms with E-state index in [0.29, 0.717) is 17.9 Å². The Morgan fingerprint density at radius 3 is 2.25 bits per heavy atom. The lowest BCUT2D eigenvalue weighted by molar-refractivity contribution is -0.145. The summed E-state index contributed by atoms with van der Waals surface area (Å²) >= 11 is 0. The molecular formula is C14H19NO5. The van der Waals surface area contributed by atoms with Crippen LogP contribution in [-0.4, -0.2) is 47.3 Å². The van der Waals surface area contributed by atoms with E-state index in [1.165, 1.54) is 7.11 Å². The molecule has 6 nitrogen and oxygen atoms in total. The van der Waals surface area contributed by atoms with E-state index in [4.69, 9.17) is 9.84 Å². The summed E-state index contributed by atoms with van der Waals surface area (Å²) in [6.07, 6.45) is -0.0895. The van der Waals surface area contributed by atoms with E-state index in [2.05, 4.69) is 0 Å². The fourth-order valence-corrected chi connectivity index (χ4v) is 2.00. The Morgan fingerprint density at radius 2 is 1.85 bits per heavy atom. The van der Waals surface area contributed by atoms with Crippen molar-refractivity contribution in [3.05, 3.63) is 29.8 Å². The number of nitrogens with zero attached hydrogens (tertiary/aromatic N) is 1. The average molecular weight is 281 g/mol. The SMILES string of the molecule is CCN(CCC(=O)O)C(C(=O)O)c1ccc(OC)cc1. The highest BCUT2D eigenvalue weighted by Gasteiger charge is 2.26. The molecule has 0 aliphatic rings. The lowest BCUT2D eigenvalue weighted by Gasteiger charge is -2.27. The van der Waals surface area contributed by atoms with Gasteiger partial charge in [0.2, 0.25) is 0 Å². The first-order valence-corrected chi connectivity index (χ1v) is 6.32. The molecule has 0 amide bonds. The van der Waals surface area contributed by atoms with Gasteiger partial charge in [-0.3, -0.25) is 14.5 Å². The lowest BCUT2D eigenvalue weighted by Crippen LogP contribution is -2.35. The van der Waals surface area contributed by atoms with Crippen LogP contribution in [-0.2, 0) is 9.59 Å². The summed E-state index contributed by atoms with van der Waals surface area (Å²) in [6, 6.07) is 5.89. The number of carboxylic acid groups (broad SMARTS) is 2. The first-order valence-electron chi connectivity index (χ1n) is 6.32. The second-order valence-corrected chi connectivity index (χ2v) is 4.29. The quantitative estimate of drug-likeness (QED) is 0.753. The minimum absolute atomic E-state index is 0.0895. The van der Waals surface area contributed by atoms with Crippen molar-refractivity contribution < 1.29 is 24.5 Å². The first-order chi connectivity index (χ1) is 9.49. The summed E-state index contributed by atoms with van der Waals surface area (Å²) in [5.41, 5.74) is 0.602. The number of carbonyl (C=O) groups is 2. The Hall–Kier alpha value is -2.08. The number of benzene rings is 1. The van der Waals surface area contributed by atoms with Crippen LogP contribution >= 0.6 is 0 Å². The average Bonchev–Trinajstić information content (AvgIpc) is 2.43. The highest BCUT2D eigenvalue weighted by Crippen LogP contribution is 2.23. The molecule has 20 heavy (non-hydrogen) atoms. The molecular weight excluding hydrogens is 262 g/mol. The highest BCUT2D eigenvalue weighted by molar-refractivity contribution is 5.75. The molecule has 0 saturated carbocycles. The van der Waals surface area contributed by atoms with Gasteiger partial charge in [-0.2, -0.15) is 0 Å². The maximum absolute atomic E-state index is 11.5. The molecule has 0 bridgehead atoms. The number of hydrogen-bond acceptors (Lipinski definition) is 4. The molecule has 0 aliphatic carbocycles. The van der Waals surface area contributed by atoms with E-state index in [1.54, 1.807) is 36.1 Å². The summed E-state index contributed by atoms with van der Waals surface area (Å²) in [7, 11) is 1.54. The summed E-state index contributed by atoms with van der Waals surface area (Å²) in [5, 5.41) is 18.1. The normalized spacial score (nSPS) is 12.2. The van der Waals surface area contributed by atoms with Gasteiger partial charge in [-0.1, -0.05) is 19.1 Å². The molecule has 1 aromatic rings. The van der Waals surface area contributed by atoms with Gasteiger partial charge in [0.15, 0.2) is 0 Å². The van der Waals surface area contributed by atoms with E-state index in [9.17, 15) is 14.7 Å². The number of ether oxygens (including phenoxy) is 1. The fraction of sp³-hybridized carbons (Fsp3) is 0.429. The Morgan fingerprint density at radius 1 is 1.25 bits per heavy atom. The van der Waals surface area contributed by atoms with Gasteiger partial charge in [0.1, 0.15) is 11.8 Å². The van der Waals surface area contributed by atoms with Gasteiger partial charge >= 0.3 is 11.9 Å². The Kier molecular flexibility index (Phi) is 5.99. The van der Waals surface area contributed by atoms with Crippen LogP contribution in [0, 0.1) is 0 Å². The third-order valence-corrected chi connectivity index (χ3v) is 3.05. The highest BCUT2D eigenvalue weighted by atomic mass is 16.5. The van der Waals surface area contributed by atoms with E-state index in [-0.39, 0.29) is 13.0 Å². The van der Waals surface area contributed by atoms with Crippen LogP contribution < -0.4 is 4.74 Å². The van der Waals surface area contributed by atoms with Gasteiger partial charge in [-0.25, -0.2) is 0 Å². The van der Waals surface area contributed by atoms with Crippen LogP contribution in [0.25, 0.3) is 0 Å². The topological polar surface area (TPSA) is 87.1 Å². The zero-order chi connectivity index (χ0) is 15.1. The van der Waals surface area contributed by atoms with Crippen LogP contribution in [0.15, 0.2) is 24.3 Å². The maximum Gasteiger partial charge on any atom is 0.325 e.